The number of anilines is 1. The van der Waals surface area contributed by atoms with Gasteiger partial charge in [-0.05, 0) is 84.4 Å². The third kappa shape index (κ3) is 9.79. The number of hydrogen-bond acceptors (Lipinski definition) is 7. The number of carbonyl (C=O) groups is 4. The zero-order valence-electron chi connectivity index (χ0n) is 23.8. The Morgan fingerprint density at radius 3 is 2.05 bits per heavy atom. The van der Waals surface area contributed by atoms with Crippen LogP contribution in [0.15, 0.2) is 54.6 Å². The highest BCUT2D eigenvalue weighted by Crippen LogP contribution is 2.25. The van der Waals surface area contributed by atoms with Gasteiger partial charge in [-0.3, -0.25) is 14.5 Å². The maximum Gasteiger partial charge on any atom is 0.411 e. The Hall–Kier alpha value is -4.28. The molecule has 216 valence electrons. The molecular formula is C29H38N4O7. The van der Waals surface area contributed by atoms with E-state index in [-0.39, 0.29) is 19.5 Å². The van der Waals surface area contributed by atoms with E-state index in [4.69, 9.17) is 14.2 Å². The topological polar surface area (TPSA) is 135 Å². The Balaban J connectivity index is 1.63. The summed E-state index contributed by atoms with van der Waals surface area (Å²) in [7, 11) is 0. The van der Waals surface area contributed by atoms with Crippen molar-refractivity contribution in [3.05, 3.63) is 54.6 Å². The monoisotopic (exact) mass is 554 g/mol. The average molecular weight is 555 g/mol. The molecule has 1 saturated heterocycles. The lowest BCUT2D eigenvalue weighted by molar-refractivity contribution is -0.121. The van der Waals surface area contributed by atoms with Crippen LogP contribution in [0.3, 0.4) is 0 Å². The summed E-state index contributed by atoms with van der Waals surface area (Å²) in [5.74, 6) is 0.386. The van der Waals surface area contributed by atoms with Gasteiger partial charge >= 0.3 is 12.2 Å². The largest absolute Gasteiger partial charge is 0.457 e. The first-order valence-corrected chi connectivity index (χ1v) is 13.1. The average Bonchev–Trinajstić information content (AvgIpc) is 3.27. The van der Waals surface area contributed by atoms with Gasteiger partial charge in [-0.1, -0.05) is 18.2 Å². The van der Waals surface area contributed by atoms with Crippen LogP contribution in [0.1, 0.15) is 48.0 Å². The number of rotatable bonds is 7. The number of hydrogen-bond donors (Lipinski definition) is 3. The summed E-state index contributed by atoms with van der Waals surface area (Å²) in [5.41, 5.74) is -0.954. The Labute approximate surface area is 234 Å². The highest BCUT2D eigenvalue weighted by molar-refractivity contribution is 5.97. The maximum absolute atomic E-state index is 13.3. The molecule has 40 heavy (non-hydrogen) atoms. The first kappa shape index (κ1) is 30.3. The molecule has 0 bridgehead atoms. The summed E-state index contributed by atoms with van der Waals surface area (Å²) in [6.07, 6.45) is -1.22. The summed E-state index contributed by atoms with van der Waals surface area (Å²) >= 11 is 0. The number of amides is 4. The summed E-state index contributed by atoms with van der Waals surface area (Å²) in [4.78, 5) is 51.9. The van der Waals surface area contributed by atoms with Crippen molar-refractivity contribution in [2.45, 2.75) is 71.2 Å². The molecule has 3 N–H and O–H groups in total. The Morgan fingerprint density at radius 1 is 0.850 bits per heavy atom. The molecule has 4 amide bonds. The lowest BCUT2D eigenvalue weighted by Gasteiger charge is -2.28. The lowest BCUT2D eigenvalue weighted by Crippen LogP contribution is -2.46. The van der Waals surface area contributed by atoms with E-state index < -0.39 is 47.3 Å². The summed E-state index contributed by atoms with van der Waals surface area (Å²) in [5, 5.41) is 7.99. The van der Waals surface area contributed by atoms with Gasteiger partial charge in [0.2, 0.25) is 11.8 Å². The van der Waals surface area contributed by atoms with Crippen LogP contribution in [-0.2, 0) is 19.1 Å². The second-order valence-corrected chi connectivity index (χ2v) is 11.4. The number of alkyl carbamates (subject to hydrolysis) is 1. The smallest absolute Gasteiger partial charge is 0.411 e. The van der Waals surface area contributed by atoms with E-state index >= 15 is 0 Å². The van der Waals surface area contributed by atoms with Crippen LogP contribution in [0, 0.1) is 0 Å². The molecule has 1 aliphatic rings. The van der Waals surface area contributed by atoms with E-state index in [0.29, 0.717) is 17.2 Å². The molecule has 0 saturated carbocycles. The minimum Gasteiger partial charge on any atom is -0.457 e. The van der Waals surface area contributed by atoms with Gasteiger partial charge < -0.3 is 30.2 Å². The van der Waals surface area contributed by atoms with Crippen LogP contribution in [0.4, 0.5) is 15.3 Å². The van der Waals surface area contributed by atoms with Gasteiger partial charge in [0.15, 0.2) is 0 Å². The van der Waals surface area contributed by atoms with Crippen LogP contribution in [-0.4, -0.2) is 65.3 Å². The van der Waals surface area contributed by atoms with E-state index in [0.717, 1.165) is 0 Å². The number of ether oxygens (including phenoxy) is 3. The normalized spacial score (nSPS) is 17.0. The van der Waals surface area contributed by atoms with Crippen LogP contribution in [0.5, 0.6) is 11.5 Å². The van der Waals surface area contributed by atoms with E-state index in [1.165, 1.54) is 4.90 Å². The molecular weight excluding hydrogens is 516 g/mol. The third-order valence-electron chi connectivity index (χ3n) is 5.49. The molecule has 1 unspecified atom stereocenters. The molecule has 1 heterocycles. The molecule has 11 heteroatoms. The fraction of sp³-hybridized carbons (Fsp3) is 0.448. The third-order valence-corrected chi connectivity index (χ3v) is 5.49. The van der Waals surface area contributed by atoms with Gasteiger partial charge in [-0.15, -0.1) is 0 Å². The van der Waals surface area contributed by atoms with Crippen molar-refractivity contribution in [3.8, 4) is 11.5 Å². The van der Waals surface area contributed by atoms with Gasteiger partial charge in [0.05, 0.1) is 0 Å². The predicted molar refractivity (Wildman–Crippen MR) is 149 cm³/mol. The quantitative estimate of drug-likeness (QED) is 0.461. The molecule has 2 aromatic rings. The number of benzene rings is 2. The fourth-order valence-electron chi connectivity index (χ4n) is 3.91. The van der Waals surface area contributed by atoms with Crippen LogP contribution >= 0.6 is 0 Å². The molecule has 0 aliphatic carbocycles. The highest BCUT2D eigenvalue weighted by atomic mass is 16.6. The van der Waals surface area contributed by atoms with E-state index in [1.54, 1.807) is 65.8 Å². The zero-order chi connectivity index (χ0) is 29.5. The van der Waals surface area contributed by atoms with Gasteiger partial charge in [0.1, 0.15) is 35.3 Å². The van der Waals surface area contributed by atoms with Crippen molar-refractivity contribution in [2.24, 2.45) is 0 Å². The molecule has 2 aromatic carbocycles. The van der Waals surface area contributed by atoms with Gasteiger partial charge in [0, 0.05) is 18.3 Å². The second kappa shape index (κ2) is 12.7. The highest BCUT2D eigenvalue weighted by Gasteiger charge is 2.42. The molecule has 3 rings (SSSR count). The van der Waals surface area contributed by atoms with Crippen molar-refractivity contribution in [3.63, 3.8) is 0 Å². The number of likely N-dealkylation sites (tertiary alicyclic amines) is 1. The van der Waals surface area contributed by atoms with Crippen LogP contribution in [0.25, 0.3) is 0 Å². The maximum atomic E-state index is 13.3. The number of carbonyl (C=O) groups excluding carboxylic acids is 4. The first-order chi connectivity index (χ1) is 18.7. The summed E-state index contributed by atoms with van der Waals surface area (Å²) in [6, 6.07) is 14.7. The second-order valence-electron chi connectivity index (χ2n) is 11.4. The SMILES string of the molecule is CC(C)(C)OC(=O)NCC(=O)NC1C[C@@H](C(=O)Nc2ccc(Oc3ccccc3)cc2)N(C(=O)OC(C)(C)C)C1. The summed E-state index contributed by atoms with van der Waals surface area (Å²) < 4.78 is 16.4. The van der Waals surface area contributed by atoms with Crippen molar-refractivity contribution in [1.82, 2.24) is 15.5 Å². The zero-order valence-corrected chi connectivity index (χ0v) is 23.8. The minimum absolute atomic E-state index is 0.0645. The molecule has 0 aromatic heterocycles. The van der Waals surface area contributed by atoms with E-state index in [1.807, 2.05) is 30.3 Å². The number of nitrogens with one attached hydrogen (secondary N) is 3. The fourth-order valence-corrected chi connectivity index (χ4v) is 3.91. The van der Waals surface area contributed by atoms with Gasteiger partial charge in [-0.25, -0.2) is 9.59 Å². The van der Waals surface area contributed by atoms with Crippen LogP contribution in [0.2, 0.25) is 0 Å². The van der Waals surface area contributed by atoms with E-state index in [2.05, 4.69) is 16.0 Å². The standard InChI is InChI=1S/C29H38N4O7/c1-28(2,3)39-26(36)30-17-24(34)31-20-16-23(33(18-20)27(37)40-29(4,5)6)25(35)32-19-12-14-22(15-13-19)38-21-10-8-7-9-11-21/h7-15,20,23H,16-18H2,1-6H3,(H,30,36)(H,31,34)(H,32,35)/t20?,23-/m0/s1. The molecule has 0 spiro atoms. The van der Waals surface area contributed by atoms with Gasteiger partial charge in [0.25, 0.3) is 0 Å². The van der Waals surface area contributed by atoms with Crippen LogP contribution < -0.4 is 20.7 Å². The number of para-hydroxylation sites is 1. The predicted octanol–water partition coefficient (Wildman–Crippen LogP) is 4.44. The lowest BCUT2D eigenvalue weighted by atomic mass is 10.1. The molecule has 2 atom stereocenters. The van der Waals surface area contributed by atoms with Crippen molar-refractivity contribution < 1.29 is 33.4 Å². The van der Waals surface area contributed by atoms with E-state index in [9.17, 15) is 19.2 Å². The molecule has 1 aliphatic heterocycles. The Kier molecular flexibility index (Phi) is 9.62. The van der Waals surface area contributed by atoms with Crippen molar-refractivity contribution in [1.29, 1.82) is 0 Å². The van der Waals surface area contributed by atoms with Crippen molar-refractivity contribution in [2.75, 3.05) is 18.4 Å². The Bertz CT molecular complexity index is 1190. The minimum atomic E-state index is -0.890. The molecule has 0 radical (unpaired) electrons. The molecule has 11 nitrogen and oxygen atoms in total. The molecule has 1 fully saturated rings. The van der Waals surface area contributed by atoms with Gasteiger partial charge in [-0.2, -0.15) is 0 Å². The Morgan fingerprint density at radius 2 is 1.45 bits per heavy atom. The first-order valence-electron chi connectivity index (χ1n) is 13.1. The number of nitrogens with zero attached hydrogens (tertiary/aromatic N) is 1. The summed E-state index contributed by atoms with van der Waals surface area (Å²) in [6.45, 7) is 10.1. The van der Waals surface area contributed by atoms with Crippen molar-refractivity contribution >= 4 is 29.7 Å².